The van der Waals surface area contributed by atoms with Gasteiger partial charge in [0, 0.05) is 12.4 Å². The van der Waals surface area contributed by atoms with Gasteiger partial charge >= 0.3 is 0 Å². The van der Waals surface area contributed by atoms with Gasteiger partial charge < -0.3 is 9.59 Å². The third-order valence-electron chi connectivity index (χ3n) is 8.64. The number of aromatic nitrogens is 2. The average molecular weight is 585 g/mol. The van der Waals surface area contributed by atoms with Crippen molar-refractivity contribution in [3.63, 3.8) is 0 Å². The molecule has 0 aliphatic rings. The summed E-state index contributed by atoms with van der Waals surface area (Å²) in [6, 6.07) is 12.1. The van der Waals surface area contributed by atoms with Crippen LogP contribution in [0.4, 0.5) is 0 Å². The van der Waals surface area contributed by atoms with Crippen LogP contribution < -0.4 is 10.4 Å². The average Bonchev–Trinajstić information content (AvgIpc) is 2.98. The molecule has 0 aromatic carbocycles. The summed E-state index contributed by atoms with van der Waals surface area (Å²) in [5, 5.41) is 2.14. The molecule has 2 aromatic heterocycles. The Balaban J connectivity index is 2.15. The van der Waals surface area contributed by atoms with Gasteiger partial charge in [-0.3, -0.25) is 9.97 Å². The standard InChI is InChI=1S/C34H60N2O2Si2/c1-5-9-13-17-25-39(37,26-18-14-10-6-2)31-21-23-33(35-29-31)34-24-22-32(30-36-34)40(38,27-19-15-11-7-3)28-20-16-12-8-4/h21-24,29-30,37-38H,5-20,25-28H2,1-4H3. The molecule has 0 bridgehead atoms. The minimum Gasteiger partial charge on any atom is -0.427 e. The monoisotopic (exact) mass is 584 g/mol. The van der Waals surface area contributed by atoms with Crippen molar-refractivity contribution in [3.8, 4) is 11.4 Å². The molecule has 2 aromatic rings. The largest absolute Gasteiger partial charge is 0.427 e. The van der Waals surface area contributed by atoms with E-state index in [9.17, 15) is 9.59 Å². The zero-order valence-corrected chi connectivity index (χ0v) is 28.4. The molecule has 2 rings (SSSR count). The van der Waals surface area contributed by atoms with Crippen molar-refractivity contribution in [1.82, 2.24) is 9.97 Å². The Bertz CT molecular complexity index is 806. The van der Waals surface area contributed by atoms with Gasteiger partial charge in [-0.05, 0) is 46.7 Å². The first-order chi connectivity index (χ1) is 19.4. The first-order valence-corrected chi connectivity index (χ1v) is 21.5. The summed E-state index contributed by atoms with van der Waals surface area (Å²) in [5.74, 6) is 0. The molecule has 0 amide bonds. The molecule has 0 fully saturated rings. The highest BCUT2D eigenvalue weighted by atomic mass is 28.4. The topological polar surface area (TPSA) is 66.2 Å². The maximum atomic E-state index is 11.8. The van der Waals surface area contributed by atoms with E-state index in [0.29, 0.717) is 0 Å². The summed E-state index contributed by atoms with van der Waals surface area (Å²) >= 11 is 0. The van der Waals surface area contributed by atoms with Crippen molar-refractivity contribution >= 4 is 27.0 Å². The Labute approximate surface area is 248 Å². The van der Waals surface area contributed by atoms with Crippen molar-refractivity contribution in [2.24, 2.45) is 0 Å². The highest BCUT2D eigenvalue weighted by Gasteiger charge is 2.34. The minimum atomic E-state index is -2.53. The van der Waals surface area contributed by atoms with Crippen LogP contribution in [-0.4, -0.2) is 36.2 Å². The number of rotatable bonds is 23. The SMILES string of the molecule is CCCCCC[Si](O)(CCCCCC)c1ccc(-c2ccc([Si](O)(CCCCCC)CCCCCC)cn2)nc1. The third-order valence-corrected chi connectivity index (χ3v) is 16.1. The van der Waals surface area contributed by atoms with E-state index in [1.807, 2.05) is 24.5 Å². The summed E-state index contributed by atoms with van der Waals surface area (Å²) in [4.78, 5) is 33.3. The minimum absolute atomic E-state index is 0.847. The smallest absolute Gasteiger partial charge is 0.221 e. The molecule has 6 heteroatoms. The summed E-state index contributed by atoms with van der Waals surface area (Å²) in [6.07, 6.45) is 23.0. The van der Waals surface area contributed by atoms with E-state index >= 15 is 0 Å². The Kier molecular flexibility index (Phi) is 17.2. The number of unbranched alkanes of at least 4 members (excludes halogenated alkanes) is 12. The maximum absolute atomic E-state index is 11.8. The van der Waals surface area contributed by atoms with Gasteiger partial charge in [0.2, 0.25) is 16.6 Å². The van der Waals surface area contributed by atoms with Gasteiger partial charge in [0.15, 0.2) is 0 Å². The molecule has 4 nitrogen and oxygen atoms in total. The molecule has 0 aliphatic heterocycles. The zero-order valence-electron chi connectivity index (χ0n) is 26.4. The molecule has 0 spiro atoms. The van der Waals surface area contributed by atoms with Crippen molar-refractivity contribution < 1.29 is 9.59 Å². The van der Waals surface area contributed by atoms with Crippen LogP contribution in [0.5, 0.6) is 0 Å². The summed E-state index contributed by atoms with van der Waals surface area (Å²) in [5.41, 5.74) is 1.69. The van der Waals surface area contributed by atoms with E-state index in [1.54, 1.807) is 0 Å². The maximum Gasteiger partial charge on any atom is 0.221 e. The van der Waals surface area contributed by atoms with Crippen molar-refractivity contribution in [1.29, 1.82) is 0 Å². The predicted molar refractivity (Wildman–Crippen MR) is 178 cm³/mol. The molecule has 2 heterocycles. The van der Waals surface area contributed by atoms with Gasteiger partial charge in [-0.2, -0.15) is 0 Å². The van der Waals surface area contributed by atoms with Crippen molar-refractivity contribution in [2.75, 3.05) is 0 Å². The molecule has 0 atom stereocenters. The van der Waals surface area contributed by atoms with Gasteiger partial charge in [-0.1, -0.05) is 143 Å². The molecular weight excluding hydrogens is 525 g/mol. The third kappa shape index (κ3) is 11.9. The molecule has 40 heavy (non-hydrogen) atoms. The summed E-state index contributed by atoms with van der Waals surface area (Å²) < 4.78 is 0. The molecule has 0 aliphatic carbocycles. The second kappa shape index (κ2) is 19.7. The normalized spacial score (nSPS) is 12.2. The van der Waals surface area contributed by atoms with Crippen LogP contribution in [-0.2, 0) is 0 Å². The Morgan fingerprint density at radius 3 is 0.975 bits per heavy atom. The van der Waals surface area contributed by atoms with Crippen LogP contribution >= 0.6 is 0 Å². The fourth-order valence-electron chi connectivity index (χ4n) is 5.85. The Hall–Kier alpha value is -1.35. The van der Waals surface area contributed by atoms with Crippen LogP contribution in [0.1, 0.15) is 130 Å². The Morgan fingerprint density at radius 2 is 0.750 bits per heavy atom. The lowest BCUT2D eigenvalue weighted by Crippen LogP contribution is -2.48. The van der Waals surface area contributed by atoms with Crippen LogP contribution in [0.3, 0.4) is 0 Å². The van der Waals surface area contributed by atoms with Crippen LogP contribution in [0.2, 0.25) is 24.2 Å². The highest BCUT2D eigenvalue weighted by Crippen LogP contribution is 2.24. The first-order valence-electron chi connectivity index (χ1n) is 16.8. The second-order valence-corrected chi connectivity index (χ2v) is 19.5. The molecule has 226 valence electrons. The van der Waals surface area contributed by atoms with Gasteiger partial charge in [-0.15, -0.1) is 0 Å². The fourth-order valence-corrected chi connectivity index (χ4v) is 12.2. The van der Waals surface area contributed by atoms with Gasteiger partial charge in [0.25, 0.3) is 0 Å². The van der Waals surface area contributed by atoms with E-state index in [-0.39, 0.29) is 0 Å². The molecule has 0 radical (unpaired) electrons. The number of pyridine rings is 2. The lowest BCUT2D eigenvalue weighted by molar-refractivity contribution is 0.525. The van der Waals surface area contributed by atoms with Crippen molar-refractivity contribution in [2.45, 2.75) is 155 Å². The van der Waals surface area contributed by atoms with E-state index in [0.717, 1.165) is 71.6 Å². The van der Waals surface area contributed by atoms with Gasteiger partial charge in [0.1, 0.15) is 0 Å². The number of nitrogens with zero attached hydrogens (tertiary/aromatic N) is 2. The predicted octanol–water partition coefficient (Wildman–Crippen LogP) is 8.75. The molecule has 0 saturated carbocycles. The van der Waals surface area contributed by atoms with Gasteiger partial charge in [-0.25, -0.2) is 0 Å². The number of hydrogen-bond acceptors (Lipinski definition) is 4. The Morgan fingerprint density at radius 1 is 0.450 bits per heavy atom. The zero-order chi connectivity index (χ0) is 29.1. The first kappa shape index (κ1) is 34.9. The highest BCUT2D eigenvalue weighted by molar-refractivity contribution is 6.85. The van der Waals surface area contributed by atoms with Crippen LogP contribution in [0.15, 0.2) is 36.7 Å². The quantitative estimate of drug-likeness (QED) is 0.101. The lowest BCUT2D eigenvalue weighted by Gasteiger charge is -2.26. The second-order valence-electron chi connectivity index (χ2n) is 12.2. The van der Waals surface area contributed by atoms with Gasteiger partial charge in [0.05, 0.1) is 11.4 Å². The molecule has 0 unspecified atom stereocenters. The lowest BCUT2D eigenvalue weighted by atomic mass is 10.2. The summed E-state index contributed by atoms with van der Waals surface area (Å²) in [7, 11) is -5.06. The van der Waals surface area contributed by atoms with E-state index in [2.05, 4.69) is 39.8 Å². The molecular formula is C34H60N2O2Si2. The molecule has 2 N–H and O–H groups in total. The molecule has 0 saturated heterocycles. The fraction of sp³-hybridized carbons (Fsp3) is 0.706. The summed E-state index contributed by atoms with van der Waals surface area (Å²) in [6.45, 7) is 8.95. The van der Waals surface area contributed by atoms with Crippen molar-refractivity contribution in [3.05, 3.63) is 36.7 Å². The van der Waals surface area contributed by atoms with E-state index < -0.39 is 16.6 Å². The van der Waals surface area contributed by atoms with Crippen LogP contribution in [0.25, 0.3) is 11.4 Å². The van der Waals surface area contributed by atoms with E-state index in [1.165, 1.54) is 77.0 Å². The van der Waals surface area contributed by atoms with E-state index in [4.69, 9.17) is 9.97 Å². The van der Waals surface area contributed by atoms with Crippen LogP contribution in [0, 0.1) is 0 Å². The number of hydrogen-bond donors (Lipinski definition) is 2.